The molecule has 0 amide bonds. The summed E-state index contributed by atoms with van der Waals surface area (Å²) in [6.07, 6.45) is -1.33. The number of Topliss-reactive ketones (excluding diaryl/α,β-unsaturated/α-hetero) is 1. The lowest BCUT2D eigenvalue weighted by Crippen LogP contribution is -2.14. The average molecular weight is 162 g/mol. The summed E-state index contributed by atoms with van der Waals surface area (Å²) in [4.78, 5) is 20.2. The van der Waals surface area contributed by atoms with Crippen molar-refractivity contribution in [3.8, 4) is 0 Å². The summed E-state index contributed by atoms with van der Waals surface area (Å²) in [7, 11) is 0. The Kier molecular flexibility index (Phi) is 4.41. The minimum absolute atomic E-state index is 0.0393. The molecule has 3 nitrogen and oxygen atoms in total. The lowest BCUT2D eigenvalue weighted by molar-refractivity contribution is -0.143. The smallest absolute Gasteiger partial charge is 0.338 e. The van der Waals surface area contributed by atoms with Gasteiger partial charge in [0.05, 0.1) is 0 Å². The standard InChI is InChI=1S/C7H11FO3/c1-5(9)3-2-4-6(8)7(10)11/h6H,2-4H2,1H3,(H,10,11). The molecule has 0 aromatic heterocycles. The Morgan fingerprint density at radius 1 is 1.55 bits per heavy atom. The van der Waals surface area contributed by atoms with Crippen molar-refractivity contribution >= 4 is 11.8 Å². The van der Waals surface area contributed by atoms with Crippen molar-refractivity contribution in [1.29, 1.82) is 0 Å². The third-order valence-electron chi connectivity index (χ3n) is 1.25. The first kappa shape index (κ1) is 10.1. The van der Waals surface area contributed by atoms with Crippen molar-refractivity contribution in [2.75, 3.05) is 0 Å². The number of carboxylic acids is 1. The Labute approximate surface area is 64.2 Å². The molecule has 0 aromatic carbocycles. The summed E-state index contributed by atoms with van der Waals surface area (Å²) in [5.74, 6) is -1.49. The largest absolute Gasteiger partial charge is 0.479 e. The van der Waals surface area contributed by atoms with Crippen molar-refractivity contribution < 1.29 is 19.1 Å². The number of carbonyl (C=O) groups is 2. The van der Waals surface area contributed by atoms with Crippen LogP contribution in [-0.4, -0.2) is 23.0 Å². The van der Waals surface area contributed by atoms with E-state index in [1.165, 1.54) is 6.92 Å². The van der Waals surface area contributed by atoms with E-state index in [-0.39, 0.29) is 18.6 Å². The number of ketones is 1. The number of halogens is 1. The number of rotatable bonds is 5. The molecule has 0 fully saturated rings. The van der Waals surface area contributed by atoms with Crippen LogP contribution in [0, 0.1) is 0 Å². The zero-order chi connectivity index (χ0) is 8.85. The van der Waals surface area contributed by atoms with E-state index in [0.29, 0.717) is 6.42 Å². The Balaban J connectivity index is 3.39. The number of alkyl halides is 1. The fourth-order valence-electron chi connectivity index (χ4n) is 0.654. The highest BCUT2D eigenvalue weighted by Gasteiger charge is 2.14. The zero-order valence-corrected chi connectivity index (χ0v) is 6.34. The van der Waals surface area contributed by atoms with Gasteiger partial charge in [-0.25, -0.2) is 9.18 Å². The average Bonchev–Trinajstić information content (AvgIpc) is 1.86. The second-order valence-electron chi connectivity index (χ2n) is 2.40. The lowest BCUT2D eigenvalue weighted by atomic mass is 10.1. The summed E-state index contributed by atoms with van der Waals surface area (Å²) >= 11 is 0. The maximum Gasteiger partial charge on any atom is 0.338 e. The van der Waals surface area contributed by atoms with E-state index < -0.39 is 12.1 Å². The topological polar surface area (TPSA) is 54.4 Å². The minimum atomic E-state index is -1.82. The van der Waals surface area contributed by atoms with Gasteiger partial charge in [0.25, 0.3) is 0 Å². The molecule has 1 N–H and O–H groups in total. The SMILES string of the molecule is CC(=O)CCCC(F)C(=O)O. The third-order valence-corrected chi connectivity index (χ3v) is 1.25. The summed E-state index contributed by atoms with van der Waals surface area (Å²) in [6, 6.07) is 0. The second kappa shape index (κ2) is 4.82. The Bertz CT molecular complexity index is 156. The monoisotopic (exact) mass is 162 g/mol. The molecule has 11 heavy (non-hydrogen) atoms. The van der Waals surface area contributed by atoms with Gasteiger partial charge in [0.1, 0.15) is 5.78 Å². The highest BCUT2D eigenvalue weighted by molar-refractivity contribution is 5.75. The molecular weight excluding hydrogens is 151 g/mol. The fourth-order valence-corrected chi connectivity index (χ4v) is 0.654. The number of hydrogen-bond acceptors (Lipinski definition) is 2. The molecule has 0 rings (SSSR count). The molecule has 0 radical (unpaired) electrons. The van der Waals surface area contributed by atoms with E-state index in [0.717, 1.165) is 0 Å². The van der Waals surface area contributed by atoms with Gasteiger partial charge < -0.3 is 9.90 Å². The van der Waals surface area contributed by atoms with Crippen LogP contribution < -0.4 is 0 Å². The number of carbonyl (C=O) groups excluding carboxylic acids is 1. The van der Waals surface area contributed by atoms with E-state index in [9.17, 15) is 14.0 Å². The lowest BCUT2D eigenvalue weighted by Gasteiger charge is -1.99. The predicted molar refractivity (Wildman–Crippen MR) is 37.1 cm³/mol. The van der Waals surface area contributed by atoms with Crippen LogP contribution in [0.5, 0.6) is 0 Å². The van der Waals surface area contributed by atoms with Gasteiger partial charge in [-0.05, 0) is 19.8 Å². The maximum atomic E-state index is 12.3. The predicted octanol–water partition coefficient (Wildman–Crippen LogP) is 1.17. The quantitative estimate of drug-likeness (QED) is 0.660. The number of carboxylic acid groups (broad SMARTS) is 1. The first-order valence-electron chi connectivity index (χ1n) is 3.40. The maximum absolute atomic E-state index is 12.3. The molecule has 4 heteroatoms. The van der Waals surface area contributed by atoms with E-state index in [4.69, 9.17) is 5.11 Å². The third kappa shape index (κ3) is 5.51. The molecule has 0 aliphatic heterocycles. The van der Waals surface area contributed by atoms with Crippen LogP contribution in [0.15, 0.2) is 0 Å². The molecule has 0 aliphatic carbocycles. The first-order chi connectivity index (χ1) is 5.04. The highest BCUT2D eigenvalue weighted by Crippen LogP contribution is 2.04. The van der Waals surface area contributed by atoms with Gasteiger partial charge in [0.15, 0.2) is 6.17 Å². The molecular formula is C7H11FO3. The minimum Gasteiger partial charge on any atom is -0.479 e. The summed E-state index contributed by atoms with van der Waals surface area (Å²) in [5.41, 5.74) is 0. The van der Waals surface area contributed by atoms with Crippen LogP contribution in [0.4, 0.5) is 4.39 Å². The van der Waals surface area contributed by atoms with Gasteiger partial charge in [0, 0.05) is 6.42 Å². The fraction of sp³-hybridized carbons (Fsp3) is 0.714. The molecule has 0 aromatic rings. The zero-order valence-electron chi connectivity index (χ0n) is 6.34. The first-order valence-corrected chi connectivity index (χ1v) is 3.40. The van der Waals surface area contributed by atoms with Gasteiger partial charge in [0.2, 0.25) is 0 Å². The van der Waals surface area contributed by atoms with E-state index in [1.54, 1.807) is 0 Å². The van der Waals surface area contributed by atoms with Crippen LogP contribution >= 0.6 is 0 Å². The van der Waals surface area contributed by atoms with Crippen molar-refractivity contribution in [3.05, 3.63) is 0 Å². The van der Waals surface area contributed by atoms with Gasteiger partial charge >= 0.3 is 5.97 Å². The van der Waals surface area contributed by atoms with Gasteiger partial charge in [-0.1, -0.05) is 0 Å². The molecule has 1 atom stereocenters. The van der Waals surface area contributed by atoms with Crippen LogP contribution in [-0.2, 0) is 9.59 Å². The Morgan fingerprint density at radius 2 is 2.09 bits per heavy atom. The Hall–Kier alpha value is -0.930. The number of aliphatic carboxylic acids is 1. The molecule has 1 unspecified atom stereocenters. The summed E-state index contributed by atoms with van der Waals surface area (Å²) in [5, 5.41) is 8.09. The van der Waals surface area contributed by atoms with E-state index >= 15 is 0 Å². The van der Waals surface area contributed by atoms with Gasteiger partial charge in [-0.3, -0.25) is 0 Å². The number of hydrogen-bond donors (Lipinski definition) is 1. The molecule has 0 saturated heterocycles. The van der Waals surface area contributed by atoms with Crippen molar-refractivity contribution in [2.24, 2.45) is 0 Å². The molecule has 0 spiro atoms. The molecule has 0 saturated carbocycles. The summed E-state index contributed by atoms with van der Waals surface area (Å²) < 4.78 is 12.3. The second-order valence-corrected chi connectivity index (χ2v) is 2.40. The van der Waals surface area contributed by atoms with Crippen molar-refractivity contribution in [3.63, 3.8) is 0 Å². The van der Waals surface area contributed by atoms with E-state index in [2.05, 4.69) is 0 Å². The van der Waals surface area contributed by atoms with Crippen molar-refractivity contribution in [1.82, 2.24) is 0 Å². The van der Waals surface area contributed by atoms with Gasteiger partial charge in [-0.15, -0.1) is 0 Å². The van der Waals surface area contributed by atoms with Crippen LogP contribution in [0.25, 0.3) is 0 Å². The van der Waals surface area contributed by atoms with E-state index in [1.807, 2.05) is 0 Å². The summed E-state index contributed by atoms with van der Waals surface area (Å²) in [6.45, 7) is 1.40. The van der Waals surface area contributed by atoms with Crippen LogP contribution in [0.2, 0.25) is 0 Å². The molecule has 0 bridgehead atoms. The molecule has 0 heterocycles. The molecule has 64 valence electrons. The van der Waals surface area contributed by atoms with Gasteiger partial charge in [-0.2, -0.15) is 0 Å². The highest BCUT2D eigenvalue weighted by atomic mass is 19.1. The molecule has 0 aliphatic rings. The Morgan fingerprint density at radius 3 is 2.45 bits per heavy atom. The van der Waals surface area contributed by atoms with Crippen molar-refractivity contribution in [2.45, 2.75) is 32.4 Å². The van der Waals surface area contributed by atoms with Crippen LogP contribution in [0.3, 0.4) is 0 Å². The normalized spacial score (nSPS) is 12.5. The van der Waals surface area contributed by atoms with Crippen LogP contribution in [0.1, 0.15) is 26.2 Å².